The van der Waals surface area contributed by atoms with Crippen LogP contribution in [-0.4, -0.2) is 140 Å². The van der Waals surface area contributed by atoms with E-state index in [9.17, 15) is 45.6 Å². The number of amides is 1. The van der Waals surface area contributed by atoms with E-state index in [4.69, 9.17) is 18.9 Å². The summed E-state index contributed by atoms with van der Waals surface area (Å²) in [6, 6.07) is -0.938. The van der Waals surface area contributed by atoms with E-state index in [0.717, 1.165) is 70.6 Å². The van der Waals surface area contributed by atoms with Gasteiger partial charge in [0.1, 0.15) is 48.8 Å². The lowest BCUT2D eigenvalue weighted by Gasteiger charge is -2.46. The van der Waals surface area contributed by atoms with Crippen molar-refractivity contribution >= 4 is 5.91 Å². The van der Waals surface area contributed by atoms with Crippen molar-refractivity contribution in [2.75, 3.05) is 19.8 Å². The minimum absolute atomic E-state index is 0.248. The minimum Gasteiger partial charge on any atom is -0.394 e. The number of nitrogens with one attached hydrogen (secondary N) is 1. The van der Waals surface area contributed by atoms with E-state index in [1.54, 1.807) is 6.08 Å². The molecule has 14 nitrogen and oxygen atoms in total. The zero-order valence-corrected chi connectivity index (χ0v) is 59.4. The molecule has 12 atom stereocenters. The third kappa shape index (κ3) is 46.2. The highest BCUT2D eigenvalue weighted by atomic mass is 16.7. The average molecular weight is 1330 g/mol. The normalized spacial score (nSPS) is 23.0. The zero-order valence-electron chi connectivity index (χ0n) is 59.4. The van der Waals surface area contributed by atoms with Crippen molar-refractivity contribution in [1.82, 2.24) is 5.32 Å². The lowest BCUT2D eigenvalue weighted by molar-refractivity contribution is -0.359. The molecule has 0 aromatic carbocycles. The first-order valence-electron chi connectivity index (χ1n) is 38.5. The molecule has 94 heavy (non-hydrogen) atoms. The molecule has 2 rings (SSSR count). The zero-order chi connectivity index (χ0) is 68.0. The summed E-state index contributed by atoms with van der Waals surface area (Å²) in [5.41, 5.74) is 0. The van der Waals surface area contributed by atoms with Crippen LogP contribution in [0.1, 0.15) is 309 Å². The molecule has 14 heteroatoms. The van der Waals surface area contributed by atoms with Crippen molar-refractivity contribution in [3.05, 3.63) is 97.2 Å². The second-order valence-corrected chi connectivity index (χ2v) is 26.7. The molecule has 2 aliphatic rings. The number of rotatable bonds is 63. The Hall–Kier alpha value is -3.09. The van der Waals surface area contributed by atoms with E-state index in [2.05, 4.69) is 104 Å². The van der Waals surface area contributed by atoms with Gasteiger partial charge in [-0.15, -0.1) is 0 Å². The van der Waals surface area contributed by atoms with Gasteiger partial charge in [-0.25, -0.2) is 0 Å². The summed E-state index contributed by atoms with van der Waals surface area (Å²) in [6.07, 6.45) is 73.3. The Labute approximate surface area is 573 Å². The number of aliphatic hydroxyl groups excluding tert-OH is 8. The van der Waals surface area contributed by atoms with Gasteiger partial charge >= 0.3 is 0 Å². The number of unbranched alkanes of at least 4 members (excludes halogenated alkanes) is 36. The molecule has 1 amide bonds. The van der Waals surface area contributed by atoms with Gasteiger partial charge in [-0.3, -0.25) is 4.79 Å². The van der Waals surface area contributed by atoms with Crippen LogP contribution >= 0.6 is 0 Å². The predicted octanol–water partition coefficient (Wildman–Crippen LogP) is 16.9. The summed E-state index contributed by atoms with van der Waals surface area (Å²) in [5, 5.41) is 87.6. The van der Waals surface area contributed by atoms with Crippen molar-refractivity contribution in [2.24, 2.45) is 0 Å². The maximum Gasteiger partial charge on any atom is 0.220 e. The molecule has 12 unspecified atom stereocenters. The number of allylic oxidation sites excluding steroid dienone is 15. The molecule has 2 saturated heterocycles. The van der Waals surface area contributed by atoms with Crippen molar-refractivity contribution in [2.45, 2.75) is 383 Å². The van der Waals surface area contributed by atoms with Gasteiger partial charge in [0.15, 0.2) is 12.6 Å². The fourth-order valence-electron chi connectivity index (χ4n) is 12.2. The molecule has 0 aromatic heterocycles. The highest BCUT2D eigenvalue weighted by Gasteiger charge is 2.51. The smallest absolute Gasteiger partial charge is 0.220 e. The first-order valence-corrected chi connectivity index (χ1v) is 38.5. The summed E-state index contributed by atoms with van der Waals surface area (Å²) >= 11 is 0. The van der Waals surface area contributed by atoms with Crippen LogP contribution in [-0.2, 0) is 23.7 Å². The summed E-state index contributed by atoms with van der Waals surface area (Å²) in [6.45, 7) is 2.70. The summed E-state index contributed by atoms with van der Waals surface area (Å²) < 4.78 is 22.9. The van der Waals surface area contributed by atoms with Gasteiger partial charge in [-0.1, -0.05) is 317 Å². The summed E-state index contributed by atoms with van der Waals surface area (Å²) in [7, 11) is 0. The lowest BCUT2D eigenvalue weighted by atomic mass is 9.97. The summed E-state index contributed by atoms with van der Waals surface area (Å²) in [5.74, 6) is -0.248. The molecular weight excluding hydrogens is 1180 g/mol. The van der Waals surface area contributed by atoms with Gasteiger partial charge < -0.3 is 65.1 Å². The number of hydrogen-bond donors (Lipinski definition) is 9. The fourth-order valence-corrected chi connectivity index (χ4v) is 12.2. The monoisotopic (exact) mass is 1320 g/mol. The first kappa shape index (κ1) is 87.0. The van der Waals surface area contributed by atoms with Crippen molar-refractivity contribution < 1.29 is 64.6 Å². The van der Waals surface area contributed by atoms with Gasteiger partial charge in [0.05, 0.1) is 32.0 Å². The Morgan fingerprint density at radius 3 is 1.17 bits per heavy atom. The van der Waals surface area contributed by atoms with Crippen LogP contribution < -0.4 is 5.32 Å². The third-order valence-electron chi connectivity index (χ3n) is 18.3. The fraction of sp³-hybridized carbons (Fsp3) is 0.787. The molecule has 2 fully saturated rings. The molecule has 2 aliphatic heterocycles. The maximum atomic E-state index is 13.4. The topological polar surface area (TPSA) is 228 Å². The van der Waals surface area contributed by atoms with E-state index in [-0.39, 0.29) is 18.9 Å². The standard InChI is InChI=1S/C80H141NO13/c1-3-5-7-9-11-13-15-17-19-21-23-25-27-29-30-31-32-33-34-35-36-37-38-40-42-44-46-48-50-52-54-56-58-60-62-64-72(85)81-68(67-91-79-77(90)75(88)78(71(66-83)93-79)94-80-76(89)74(87)73(86)70(65-82)92-80)69(84)63-61-59-57-55-53-51-49-47-45-43-41-39-28-26-24-22-20-18-16-14-12-10-8-6-4-2/h5,7,11,13,17,19,23,25,29-30,32-33,53,55,61,63,68-71,73-80,82-84,86-90H,3-4,6,8-10,12,14-16,18,20-22,24,26-28,31,34-52,54,56-60,62,64-67H2,1-2H3,(H,81,85)/b7-5-,13-11-,19-17-,25-23-,30-29-,33-32-,55-53+,63-61+. The van der Waals surface area contributed by atoms with Crippen LogP contribution in [0.15, 0.2) is 97.2 Å². The van der Waals surface area contributed by atoms with Gasteiger partial charge in [-0.2, -0.15) is 0 Å². The highest BCUT2D eigenvalue weighted by molar-refractivity contribution is 5.76. The molecule has 0 radical (unpaired) electrons. The Morgan fingerprint density at radius 1 is 0.394 bits per heavy atom. The number of aliphatic hydroxyl groups is 8. The second kappa shape index (κ2) is 63.4. The first-order chi connectivity index (χ1) is 46.1. The molecule has 9 N–H and O–H groups in total. The predicted molar refractivity (Wildman–Crippen MR) is 387 cm³/mol. The van der Waals surface area contributed by atoms with E-state index in [0.29, 0.717) is 12.8 Å². The molecule has 0 saturated carbocycles. The van der Waals surface area contributed by atoms with Crippen molar-refractivity contribution in [1.29, 1.82) is 0 Å². The Bertz CT molecular complexity index is 1950. The lowest BCUT2D eigenvalue weighted by Crippen LogP contribution is -2.65. The maximum absolute atomic E-state index is 13.4. The van der Waals surface area contributed by atoms with Crippen LogP contribution in [0.25, 0.3) is 0 Å². The van der Waals surface area contributed by atoms with Crippen LogP contribution in [0.2, 0.25) is 0 Å². The number of carbonyl (C=O) groups is 1. The van der Waals surface area contributed by atoms with E-state index < -0.39 is 86.8 Å². The van der Waals surface area contributed by atoms with Crippen LogP contribution in [0, 0.1) is 0 Å². The highest BCUT2D eigenvalue weighted by Crippen LogP contribution is 2.30. The van der Waals surface area contributed by atoms with E-state index in [1.807, 2.05) is 6.08 Å². The quantitative estimate of drug-likeness (QED) is 0.0204. The molecule has 544 valence electrons. The van der Waals surface area contributed by atoms with Crippen molar-refractivity contribution in [3.63, 3.8) is 0 Å². The third-order valence-corrected chi connectivity index (χ3v) is 18.3. The van der Waals surface area contributed by atoms with Crippen LogP contribution in [0.4, 0.5) is 0 Å². The molecule has 0 bridgehead atoms. The average Bonchev–Trinajstić information content (AvgIpc) is 0.794. The molecule has 0 aromatic rings. The second-order valence-electron chi connectivity index (χ2n) is 26.7. The van der Waals surface area contributed by atoms with Gasteiger partial charge in [0.2, 0.25) is 5.91 Å². The summed E-state index contributed by atoms with van der Waals surface area (Å²) in [4.78, 5) is 13.4. The minimum atomic E-state index is -1.79. The molecule has 0 spiro atoms. The Kier molecular flexibility index (Phi) is 58.6. The van der Waals surface area contributed by atoms with Crippen molar-refractivity contribution in [3.8, 4) is 0 Å². The Balaban J connectivity index is 1.64. The molecule has 0 aliphatic carbocycles. The van der Waals surface area contributed by atoms with Gasteiger partial charge in [-0.05, 0) is 83.5 Å². The SMILES string of the molecule is CC/C=C\C/C=C\C/C=C\C/C=C\C/C=C\C/C=C\CCCCCCCCCCCCCCCCCCC(=O)NC(COC1OC(CO)C(OC2OC(CO)C(O)C(O)C2O)C(O)C1O)C(O)/C=C/CC/C=C/CCCCCCCCCCCCCCCCCCCCC. The van der Waals surface area contributed by atoms with Crippen LogP contribution in [0.3, 0.4) is 0 Å². The van der Waals surface area contributed by atoms with E-state index in [1.165, 1.54) is 205 Å². The largest absolute Gasteiger partial charge is 0.394 e. The van der Waals surface area contributed by atoms with Crippen LogP contribution in [0.5, 0.6) is 0 Å². The van der Waals surface area contributed by atoms with E-state index >= 15 is 0 Å². The van der Waals surface area contributed by atoms with Gasteiger partial charge in [0, 0.05) is 6.42 Å². The molecule has 2 heterocycles. The molecular formula is C80H141NO13. The number of ether oxygens (including phenoxy) is 4. The van der Waals surface area contributed by atoms with Gasteiger partial charge in [0.25, 0.3) is 0 Å². The number of hydrogen-bond acceptors (Lipinski definition) is 13. The Morgan fingerprint density at radius 2 is 0.745 bits per heavy atom. The number of carbonyl (C=O) groups excluding carboxylic acids is 1.